The minimum atomic E-state index is -0.233. The third-order valence-electron chi connectivity index (χ3n) is 3.61. The Hall–Kier alpha value is -1.84. The molecule has 4 nitrogen and oxygen atoms in total. The van der Waals surface area contributed by atoms with Crippen LogP contribution in [0.5, 0.6) is 0 Å². The number of hydrogen-bond acceptors (Lipinski definition) is 2. The highest BCUT2D eigenvalue weighted by Gasteiger charge is 2.18. The van der Waals surface area contributed by atoms with Crippen LogP contribution in [0.1, 0.15) is 37.7 Å². The van der Waals surface area contributed by atoms with E-state index in [-0.39, 0.29) is 18.2 Å². The maximum Gasteiger partial charge on any atom is 0.233 e. The van der Waals surface area contributed by atoms with E-state index in [9.17, 15) is 9.59 Å². The zero-order valence-corrected chi connectivity index (χ0v) is 12.0. The van der Waals surface area contributed by atoms with Crippen molar-refractivity contribution < 1.29 is 9.59 Å². The molecular formula is C16H22N2O2. The first-order valence-corrected chi connectivity index (χ1v) is 7.29. The number of amides is 2. The Balaban J connectivity index is 1.84. The Bertz CT molecular complexity index is 460. The van der Waals surface area contributed by atoms with Crippen molar-refractivity contribution in [1.29, 1.82) is 0 Å². The number of rotatable bonds is 3. The highest BCUT2D eigenvalue weighted by molar-refractivity contribution is 6.03. The fourth-order valence-corrected chi connectivity index (χ4v) is 2.41. The molecule has 20 heavy (non-hydrogen) atoms. The molecule has 1 N–H and O–H groups in total. The minimum Gasteiger partial charge on any atom is -0.342 e. The molecule has 0 aromatic heterocycles. The smallest absolute Gasteiger partial charge is 0.233 e. The van der Waals surface area contributed by atoms with Gasteiger partial charge in [0.15, 0.2) is 0 Å². The van der Waals surface area contributed by atoms with Crippen molar-refractivity contribution in [3.63, 3.8) is 0 Å². The maximum atomic E-state index is 12.1. The molecule has 2 amide bonds. The standard InChI is InChI=1S/C16H22N2O2/c1-13-6-8-14(9-7-13)17-15(19)12-16(20)18-10-4-2-3-5-11-18/h6-9H,2-5,10-12H2,1H3,(H,17,19). The van der Waals surface area contributed by atoms with E-state index in [1.165, 1.54) is 12.8 Å². The molecule has 0 saturated carbocycles. The molecule has 1 aromatic carbocycles. The van der Waals surface area contributed by atoms with Crippen LogP contribution in [-0.4, -0.2) is 29.8 Å². The second-order valence-electron chi connectivity index (χ2n) is 5.39. The van der Waals surface area contributed by atoms with Gasteiger partial charge in [0.2, 0.25) is 11.8 Å². The molecule has 0 aliphatic carbocycles. The van der Waals surface area contributed by atoms with E-state index in [1.54, 1.807) is 0 Å². The topological polar surface area (TPSA) is 49.4 Å². The van der Waals surface area contributed by atoms with Crippen LogP contribution in [0.15, 0.2) is 24.3 Å². The Morgan fingerprint density at radius 1 is 1.05 bits per heavy atom. The van der Waals surface area contributed by atoms with Gasteiger partial charge in [-0.15, -0.1) is 0 Å². The lowest BCUT2D eigenvalue weighted by atomic mass is 10.2. The molecular weight excluding hydrogens is 252 g/mol. The Labute approximate surface area is 120 Å². The maximum absolute atomic E-state index is 12.1. The second-order valence-corrected chi connectivity index (χ2v) is 5.39. The van der Waals surface area contributed by atoms with E-state index < -0.39 is 0 Å². The summed E-state index contributed by atoms with van der Waals surface area (Å²) in [7, 11) is 0. The monoisotopic (exact) mass is 274 g/mol. The molecule has 1 aliphatic heterocycles. The molecule has 0 radical (unpaired) electrons. The number of nitrogens with zero attached hydrogens (tertiary/aromatic N) is 1. The lowest BCUT2D eigenvalue weighted by Crippen LogP contribution is -2.34. The van der Waals surface area contributed by atoms with E-state index in [0.29, 0.717) is 0 Å². The number of carbonyl (C=O) groups excluding carboxylic acids is 2. The number of anilines is 1. The minimum absolute atomic E-state index is 0.0588. The van der Waals surface area contributed by atoms with Gasteiger partial charge in [-0.3, -0.25) is 9.59 Å². The molecule has 2 rings (SSSR count). The first-order chi connectivity index (χ1) is 9.65. The molecule has 108 valence electrons. The predicted molar refractivity (Wildman–Crippen MR) is 79.5 cm³/mol. The third-order valence-corrected chi connectivity index (χ3v) is 3.61. The summed E-state index contributed by atoms with van der Waals surface area (Å²) < 4.78 is 0. The van der Waals surface area contributed by atoms with Gasteiger partial charge in [0, 0.05) is 18.8 Å². The lowest BCUT2D eigenvalue weighted by molar-refractivity contribution is -0.134. The molecule has 0 unspecified atom stereocenters. The van der Waals surface area contributed by atoms with Gasteiger partial charge < -0.3 is 10.2 Å². The van der Waals surface area contributed by atoms with Crippen molar-refractivity contribution in [2.24, 2.45) is 0 Å². The van der Waals surface area contributed by atoms with Crippen LogP contribution in [-0.2, 0) is 9.59 Å². The van der Waals surface area contributed by atoms with Gasteiger partial charge in [-0.25, -0.2) is 0 Å². The Morgan fingerprint density at radius 3 is 2.25 bits per heavy atom. The van der Waals surface area contributed by atoms with Crippen LogP contribution < -0.4 is 5.32 Å². The Morgan fingerprint density at radius 2 is 1.65 bits per heavy atom. The van der Waals surface area contributed by atoms with E-state index in [2.05, 4.69) is 5.32 Å². The highest BCUT2D eigenvalue weighted by Crippen LogP contribution is 2.12. The molecule has 1 saturated heterocycles. The van der Waals surface area contributed by atoms with Crippen LogP contribution in [0, 0.1) is 6.92 Å². The second kappa shape index (κ2) is 7.08. The van der Waals surface area contributed by atoms with Gasteiger partial charge in [0.25, 0.3) is 0 Å². The summed E-state index contributed by atoms with van der Waals surface area (Å²) >= 11 is 0. The van der Waals surface area contributed by atoms with Gasteiger partial charge in [0.05, 0.1) is 0 Å². The van der Waals surface area contributed by atoms with Crippen LogP contribution >= 0.6 is 0 Å². The molecule has 0 spiro atoms. The summed E-state index contributed by atoms with van der Waals surface area (Å²) in [6, 6.07) is 7.58. The van der Waals surface area contributed by atoms with Crippen molar-refractivity contribution in [3.05, 3.63) is 29.8 Å². The van der Waals surface area contributed by atoms with Crippen molar-refractivity contribution in [2.75, 3.05) is 18.4 Å². The molecule has 1 aliphatic rings. The number of likely N-dealkylation sites (tertiary alicyclic amines) is 1. The van der Waals surface area contributed by atoms with Gasteiger partial charge in [0.1, 0.15) is 6.42 Å². The summed E-state index contributed by atoms with van der Waals surface area (Å²) in [5.74, 6) is -0.292. The number of benzene rings is 1. The summed E-state index contributed by atoms with van der Waals surface area (Å²) in [4.78, 5) is 25.8. The molecule has 1 heterocycles. The fraction of sp³-hybridized carbons (Fsp3) is 0.500. The molecule has 0 bridgehead atoms. The third kappa shape index (κ3) is 4.37. The van der Waals surface area contributed by atoms with Crippen LogP contribution in [0.25, 0.3) is 0 Å². The number of carbonyl (C=O) groups is 2. The number of hydrogen-bond donors (Lipinski definition) is 1. The lowest BCUT2D eigenvalue weighted by Gasteiger charge is -2.19. The number of nitrogens with one attached hydrogen (secondary N) is 1. The largest absolute Gasteiger partial charge is 0.342 e. The zero-order valence-electron chi connectivity index (χ0n) is 12.0. The van der Waals surface area contributed by atoms with Gasteiger partial charge >= 0.3 is 0 Å². The molecule has 1 aromatic rings. The zero-order chi connectivity index (χ0) is 14.4. The summed E-state index contributed by atoms with van der Waals surface area (Å²) in [6.45, 7) is 3.57. The molecule has 4 heteroatoms. The first kappa shape index (κ1) is 14.6. The number of aryl methyl sites for hydroxylation is 1. The summed E-state index contributed by atoms with van der Waals surface area (Å²) in [5, 5.41) is 2.77. The quantitative estimate of drug-likeness (QED) is 0.862. The van der Waals surface area contributed by atoms with Crippen molar-refractivity contribution in [1.82, 2.24) is 4.90 Å². The van der Waals surface area contributed by atoms with Gasteiger partial charge in [-0.1, -0.05) is 30.5 Å². The molecule has 0 atom stereocenters. The van der Waals surface area contributed by atoms with Crippen LogP contribution in [0.2, 0.25) is 0 Å². The molecule has 1 fully saturated rings. The highest BCUT2D eigenvalue weighted by atomic mass is 16.2. The SMILES string of the molecule is Cc1ccc(NC(=O)CC(=O)N2CCCCCC2)cc1. The average Bonchev–Trinajstić information content (AvgIpc) is 2.70. The van der Waals surface area contributed by atoms with E-state index in [0.717, 1.165) is 37.2 Å². The van der Waals surface area contributed by atoms with Crippen molar-refractivity contribution in [2.45, 2.75) is 39.0 Å². The van der Waals surface area contributed by atoms with Crippen molar-refractivity contribution >= 4 is 17.5 Å². The van der Waals surface area contributed by atoms with E-state index >= 15 is 0 Å². The van der Waals surface area contributed by atoms with Gasteiger partial charge in [-0.2, -0.15) is 0 Å². The first-order valence-electron chi connectivity index (χ1n) is 7.29. The van der Waals surface area contributed by atoms with E-state index in [4.69, 9.17) is 0 Å². The fourth-order valence-electron chi connectivity index (χ4n) is 2.41. The van der Waals surface area contributed by atoms with E-state index in [1.807, 2.05) is 36.1 Å². The summed E-state index contributed by atoms with van der Waals surface area (Å²) in [5.41, 5.74) is 1.88. The van der Waals surface area contributed by atoms with Crippen molar-refractivity contribution in [3.8, 4) is 0 Å². The Kier molecular flexibility index (Phi) is 5.16. The summed E-state index contributed by atoms with van der Waals surface area (Å²) in [6.07, 6.45) is 4.39. The van der Waals surface area contributed by atoms with Crippen LogP contribution in [0.3, 0.4) is 0 Å². The average molecular weight is 274 g/mol. The van der Waals surface area contributed by atoms with Crippen LogP contribution in [0.4, 0.5) is 5.69 Å². The predicted octanol–water partition coefficient (Wildman–Crippen LogP) is 2.73. The van der Waals surface area contributed by atoms with Gasteiger partial charge in [-0.05, 0) is 31.9 Å². The normalized spacial score (nSPS) is 15.6.